The second-order valence-corrected chi connectivity index (χ2v) is 10.5. The Morgan fingerprint density at radius 2 is 1.38 bits per heavy atom. The third-order valence-electron chi connectivity index (χ3n) is 6.29. The van der Waals surface area contributed by atoms with Crippen molar-refractivity contribution in [1.82, 2.24) is 20.4 Å². The number of H-pyrrole nitrogens is 2. The van der Waals surface area contributed by atoms with Gasteiger partial charge in [0.15, 0.2) is 5.78 Å². The van der Waals surface area contributed by atoms with Gasteiger partial charge >= 0.3 is 0 Å². The Hall–Kier alpha value is -4.07. The SMILES string of the molecule is Brc1ccc2[nH]ncc2c1.O=C(Cc1ccc2cc(-c3ccc4[nH]ncc4c3)ccc2c1)c1ccsc1. The molecule has 37 heavy (non-hydrogen) atoms. The van der Waals surface area contributed by atoms with Gasteiger partial charge in [0.1, 0.15) is 0 Å². The average molecular weight is 565 g/mol. The highest BCUT2D eigenvalue weighted by Gasteiger charge is 2.09. The first-order chi connectivity index (χ1) is 18.1. The van der Waals surface area contributed by atoms with Crippen molar-refractivity contribution >= 4 is 65.6 Å². The minimum Gasteiger partial charge on any atom is -0.294 e. The number of hydrogen-bond donors (Lipinski definition) is 2. The van der Waals surface area contributed by atoms with Crippen molar-refractivity contribution < 1.29 is 4.79 Å². The predicted octanol–water partition coefficient (Wildman–Crippen LogP) is 8.20. The molecular formula is C30H21BrN4OS. The van der Waals surface area contributed by atoms with Gasteiger partial charge in [0.25, 0.3) is 0 Å². The summed E-state index contributed by atoms with van der Waals surface area (Å²) < 4.78 is 1.08. The van der Waals surface area contributed by atoms with Crippen LogP contribution in [0, 0.1) is 0 Å². The van der Waals surface area contributed by atoms with Crippen molar-refractivity contribution in [2.75, 3.05) is 0 Å². The fourth-order valence-electron chi connectivity index (χ4n) is 4.33. The maximum Gasteiger partial charge on any atom is 0.168 e. The average Bonchev–Trinajstić information content (AvgIpc) is 3.70. The van der Waals surface area contributed by atoms with E-state index in [2.05, 4.69) is 90.9 Å². The van der Waals surface area contributed by atoms with Crippen LogP contribution in [0.1, 0.15) is 15.9 Å². The summed E-state index contributed by atoms with van der Waals surface area (Å²) in [5, 5.41) is 22.3. The van der Waals surface area contributed by atoms with Gasteiger partial charge in [-0.2, -0.15) is 21.5 Å². The van der Waals surface area contributed by atoms with E-state index in [-0.39, 0.29) is 5.78 Å². The van der Waals surface area contributed by atoms with Crippen LogP contribution in [-0.2, 0) is 6.42 Å². The summed E-state index contributed by atoms with van der Waals surface area (Å²) in [7, 11) is 0. The van der Waals surface area contributed by atoms with E-state index in [1.165, 1.54) is 16.5 Å². The second kappa shape index (κ2) is 10.1. The number of aromatic nitrogens is 4. The normalized spacial score (nSPS) is 11.1. The molecule has 0 fully saturated rings. The molecule has 0 amide bonds. The quantitative estimate of drug-likeness (QED) is 0.211. The molecule has 7 heteroatoms. The Labute approximate surface area is 225 Å². The van der Waals surface area contributed by atoms with Crippen LogP contribution in [0.5, 0.6) is 0 Å². The lowest BCUT2D eigenvalue weighted by atomic mass is 9.97. The number of aromatic amines is 2. The van der Waals surface area contributed by atoms with Crippen molar-refractivity contribution in [2.24, 2.45) is 0 Å². The molecule has 3 heterocycles. The summed E-state index contributed by atoms with van der Waals surface area (Å²) in [6.07, 6.45) is 4.09. The van der Waals surface area contributed by atoms with E-state index in [0.717, 1.165) is 42.8 Å². The molecule has 0 aliphatic carbocycles. The molecule has 0 aliphatic heterocycles. The van der Waals surface area contributed by atoms with E-state index in [1.54, 1.807) is 17.5 Å². The van der Waals surface area contributed by atoms with E-state index >= 15 is 0 Å². The fraction of sp³-hybridized carbons (Fsp3) is 0.0333. The lowest BCUT2D eigenvalue weighted by Gasteiger charge is -2.07. The van der Waals surface area contributed by atoms with Gasteiger partial charge in [-0.15, -0.1) is 0 Å². The summed E-state index contributed by atoms with van der Waals surface area (Å²) in [6.45, 7) is 0. The Morgan fingerprint density at radius 1 is 0.730 bits per heavy atom. The standard InChI is InChI=1S/C23H16N2OS.C7H5BrN2/c26-23(20-7-8-27-14-20)10-15-1-2-17-11-18(4-3-16(17)9-15)19-5-6-22-21(12-19)13-24-25-22;8-6-1-2-7-5(3-6)4-9-10-7/h1-9,11-14H,10H2,(H,24,25);1-4H,(H,9,10). The highest BCUT2D eigenvalue weighted by atomic mass is 79.9. The van der Waals surface area contributed by atoms with Crippen LogP contribution in [0.2, 0.25) is 0 Å². The molecule has 5 nitrogen and oxygen atoms in total. The predicted molar refractivity (Wildman–Crippen MR) is 155 cm³/mol. The summed E-state index contributed by atoms with van der Waals surface area (Å²) in [4.78, 5) is 12.3. The van der Waals surface area contributed by atoms with Crippen LogP contribution in [-0.4, -0.2) is 26.2 Å². The van der Waals surface area contributed by atoms with Crippen molar-refractivity contribution in [3.63, 3.8) is 0 Å². The van der Waals surface area contributed by atoms with Gasteiger partial charge in [0.05, 0.1) is 23.4 Å². The van der Waals surface area contributed by atoms with E-state index in [0.29, 0.717) is 6.42 Å². The van der Waals surface area contributed by atoms with Crippen LogP contribution >= 0.6 is 27.3 Å². The molecule has 0 radical (unpaired) electrons. The van der Waals surface area contributed by atoms with Crippen LogP contribution in [0.3, 0.4) is 0 Å². The Bertz CT molecular complexity index is 1850. The monoisotopic (exact) mass is 564 g/mol. The summed E-state index contributed by atoms with van der Waals surface area (Å²) in [6, 6.07) is 26.9. The number of carbonyl (C=O) groups excluding carboxylic acids is 1. The highest BCUT2D eigenvalue weighted by Crippen LogP contribution is 2.28. The number of rotatable bonds is 4. The van der Waals surface area contributed by atoms with Gasteiger partial charge < -0.3 is 0 Å². The molecule has 0 bridgehead atoms. The molecule has 0 saturated heterocycles. The van der Waals surface area contributed by atoms with E-state index < -0.39 is 0 Å². The number of fused-ring (bicyclic) bond motifs is 3. The molecule has 0 saturated carbocycles. The largest absolute Gasteiger partial charge is 0.294 e. The molecule has 180 valence electrons. The Kier molecular flexibility index (Phi) is 6.39. The van der Waals surface area contributed by atoms with Crippen LogP contribution in [0.15, 0.2) is 106 Å². The van der Waals surface area contributed by atoms with Crippen molar-refractivity contribution in [1.29, 1.82) is 0 Å². The molecule has 0 spiro atoms. The second-order valence-electron chi connectivity index (χ2n) is 8.78. The molecule has 7 rings (SSSR count). The van der Waals surface area contributed by atoms with Gasteiger partial charge in [0.2, 0.25) is 0 Å². The lowest BCUT2D eigenvalue weighted by molar-refractivity contribution is 0.0993. The number of thiophene rings is 1. The van der Waals surface area contributed by atoms with E-state index in [1.807, 2.05) is 41.2 Å². The first-order valence-corrected chi connectivity index (χ1v) is 13.5. The van der Waals surface area contributed by atoms with Crippen LogP contribution in [0.4, 0.5) is 0 Å². The van der Waals surface area contributed by atoms with Gasteiger partial charge in [-0.05, 0) is 75.3 Å². The maximum absolute atomic E-state index is 12.3. The lowest BCUT2D eigenvalue weighted by Crippen LogP contribution is -2.01. The molecule has 3 aromatic heterocycles. The number of carbonyl (C=O) groups is 1. The molecule has 2 N–H and O–H groups in total. The minimum absolute atomic E-state index is 0.167. The molecule has 4 aromatic carbocycles. The van der Waals surface area contributed by atoms with Crippen molar-refractivity contribution in [2.45, 2.75) is 6.42 Å². The van der Waals surface area contributed by atoms with Gasteiger partial charge in [-0.3, -0.25) is 15.0 Å². The Morgan fingerprint density at radius 3 is 2.14 bits per heavy atom. The van der Waals surface area contributed by atoms with Crippen molar-refractivity contribution in [3.8, 4) is 11.1 Å². The maximum atomic E-state index is 12.3. The molecule has 0 aliphatic rings. The Balaban J connectivity index is 0.000000210. The third kappa shape index (κ3) is 5.09. The van der Waals surface area contributed by atoms with Crippen molar-refractivity contribution in [3.05, 3.63) is 118 Å². The molecule has 0 atom stereocenters. The zero-order chi connectivity index (χ0) is 25.2. The highest BCUT2D eigenvalue weighted by molar-refractivity contribution is 9.10. The minimum atomic E-state index is 0.167. The number of Topliss-reactive ketones (excluding diaryl/α,β-unsaturated/α-hetero) is 1. The van der Waals surface area contributed by atoms with Crippen LogP contribution in [0.25, 0.3) is 43.7 Å². The van der Waals surface area contributed by atoms with Crippen LogP contribution < -0.4 is 0 Å². The summed E-state index contributed by atoms with van der Waals surface area (Å²) in [5.74, 6) is 0.167. The van der Waals surface area contributed by atoms with Gasteiger partial charge in [-0.1, -0.05) is 52.3 Å². The van der Waals surface area contributed by atoms with Gasteiger partial charge in [-0.25, -0.2) is 0 Å². The molecular weight excluding hydrogens is 544 g/mol. The fourth-order valence-corrected chi connectivity index (χ4v) is 5.37. The summed E-state index contributed by atoms with van der Waals surface area (Å²) >= 11 is 4.93. The summed E-state index contributed by atoms with van der Waals surface area (Å²) in [5.41, 5.74) is 6.30. The molecule has 7 aromatic rings. The smallest absolute Gasteiger partial charge is 0.168 e. The number of nitrogens with zero attached hydrogens (tertiary/aromatic N) is 2. The number of ketones is 1. The zero-order valence-electron chi connectivity index (χ0n) is 19.6. The number of halogens is 1. The number of nitrogens with one attached hydrogen (secondary N) is 2. The van der Waals surface area contributed by atoms with E-state index in [4.69, 9.17) is 0 Å². The number of hydrogen-bond acceptors (Lipinski definition) is 4. The zero-order valence-corrected chi connectivity index (χ0v) is 22.0. The first-order valence-electron chi connectivity index (χ1n) is 11.7. The molecule has 0 unspecified atom stereocenters. The van der Waals surface area contributed by atoms with E-state index in [9.17, 15) is 4.79 Å². The topological polar surface area (TPSA) is 74.4 Å². The third-order valence-corrected chi connectivity index (χ3v) is 7.46. The number of benzene rings is 4. The first kappa shape index (κ1) is 23.3. The van der Waals surface area contributed by atoms with Gasteiger partial charge in [0, 0.05) is 32.6 Å².